The zero-order valence-electron chi connectivity index (χ0n) is 19.8. The quantitative estimate of drug-likeness (QED) is 0.383. The van der Waals surface area contributed by atoms with Crippen LogP contribution in [-0.2, 0) is 19.6 Å². The van der Waals surface area contributed by atoms with Crippen molar-refractivity contribution in [1.29, 1.82) is 0 Å². The molecule has 3 N–H and O–H groups in total. The van der Waals surface area contributed by atoms with Crippen LogP contribution in [0.5, 0.6) is 0 Å². The first-order valence-electron chi connectivity index (χ1n) is 11.9. The Kier molecular flexibility index (Phi) is 6.49. The van der Waals surface area contributed by atoms with E-state index < -0.39 is 5.91 Å². The van der Waals surface area contributed by atoms with Crippen LogP contribution >= 0.6 is 0 Å². The molecule has 1 saturated carbocycles. The lowest BCUT2D eigenvalue weighted by molar-refractivity contribution is 0.0949. The second-order valence-electron chi connectivity index (χ2n) is 9.13. The summed E-state index contributed by atoms with van der Waals surface area (Å²) in [5.41, 5.74) is 10.0. The van der Waals surface area contributed by atoms with Gasteiger partial charge in [0.15, 0.2) is 0 Å². The predicted molar refractivity (Wildman–Crippen MR) is 136 cm³/mol. The summed E-state index contributed by atoms with van der Waals surface area (Å²) in [6.07, 6.45) is 5.65. The van der Waals surface area contributed by atoms with Gasteiger partial charge in [0.1, 0.15) is 0 Å². The minimum Gasteiger partial charge on any atom is -0.366 e. The lowest BCUT2D eigenvalue weighted by atomic mass is 10.1. The summed E-state index contributed by atoms with van der Waals surface area (Å²) in [7, 11) is 0. The number of nitrogens with zero attached hydrogens (tertiary/aromatic N) is 3. The van der Waals surface area contributed by atoms with Crippen molar-refractivity contribution in [1.82, 2.24) is 19.7 Å². The van der Waals surface area contributed by atoms with E-state index in [2.05, 4.69) is 5.32 Å². The van der Waals surface area contributed by atoms with E-state index >= 15 is 0 Å². The van der Waals surface area contributed by atoms with Crippen molar-refractivity contribution in [3.8, 4) is 0 Å². The normalized spacial score (nSPS) is 12.9. The van der Waals surface area contributed by atoms with Crippen LogP contribution in [0, 0.1) is 0 Å². The van der Waals surface area contributed by atoms with E-state index in [-0.39, 0.29) is 11.5 Å². The fourth-order valence-electron chi connectivity index (χ4n) is 4.19. The van der Waals surface area contributed by atoms with Gasteiger partial charge in [-0.2, -0.15) is 5.10 Å². The standard InChI is InChI=1S/C28H27N5O3/c29-27(35)23-5-3-4-21(14-23)15-30-28(36)24-18-33(31-26(24)22-11-12-22)17-20-9-7-19(8-10-20)16-32-13-2-1-6-25(32)34/h1-10,13-14,18,22H,11-12,15-17H2,(H2,29,35)(H,30,36). The van der Waals surface area contributed by atoms with Gasteiger partial charge in [-0.15, -0.1) is 0 Å². The Labute approximate surface area is 208 Å². The van der Waals surface area contributed by atoms with Crippen molar-refractivity contribution in [2.24, 2.45) is 5.73 Å². The Morgan fingerprint density at radius 2 is 1.69 bits per heavy atom. The summed E-state index contributed by atoms with van der Waals surface area (Å²) in [6.45, 7) is 1.35. The molecule has 0 atom stereocenters. The van der Waals surface area contributed by atoms with Gasteiger partial charge >= 0.3 is 0 Å². The Morgan fingerprint density at radius 3 is 2.39 bits per heavy atom. The molecular formula is C28H27N5O3. The number of rotatable bonds is 9. The average Bonchev–Trinajstić information content (AvgIpc) is 3.65. The van der Waals surface area contributed by atoms with Crippen molar-refractivity contribution in [2.45, 2.75) is 38.4 Å². The number of primary amides is 1. The zero-order chi connectivity index (χ0) is 25.1. The molecule has 2 amide bonds. The SMILES string of the molecule is NC(=O)c1cccc(CNC(=O)c2cn(Cc3ccc(Cn4ccccc4=O)cc3)nc2C2CC2)c1. The zero-order valence-corrected chi connectivity index (χ0v) is 19.8. The van der Waals surface area contributed by atoms with E-state index in [1.165, 1.54) is 0 Å². The Bertz CT molecular complexity index is 1470. The van der Waals surface area contributed by atoms with E-state index in [1.54, 1.807) is 47.3 Å². The van der Waals surface area contributed by atoms with Gasteiger partial charge in [-0.3, -0.25) is 19.1 Å². The van der Waals surface area contributed by atoms with E-state index in [1.807, 2.05) is 41.1 Å². The third-order valence-electron chi connectivity index (χ3n) is 6.28. The first kappa shape index (κ1) is 23.3. The smallest absolute Gasteiger partial charge is 0.255 e. The number of aromatic nitrogens is 3. The summed E-state index contributed by atoms with van der Waals surface area (Å²) in [4.78, 5) is 36.4. The average molecular weight is 482 g/mol. The Balaban J connectivity index is 1.26. The highest BCUT2D eigenvalue weighted by Crippen LogP contribution is 2.40. The molecule has 1 aliphatic rings. The second kappa shape index (κ2) is 10.0. The van der Waals surface area contributed by atoms with Crippen LogP contribution in [0.1, 0.15) is 61.9 Å². The van der Waals surface area contributed by atoms with Crippen LogP contribution in [0.25, 0.3) is 0 Å². The van der Waals surface area contributed by atoms with Gasteiger partial charge in [0, 0.05) is 36.5 Å². The third-order valence-corrected chi connectivity index (χ3v) is 6.28. The fourth-order valence-corrected chi connectivity index (χ4v) is 4.19. The highest BCUT2D eigenvalue weighted by atomic mass is 16.2. The monoisotopic (exact) mass is 481 g/mol. The number of benzene rings is 2. The Morgan fingerprint density at radius 1 is 0.944 bits per heavy atom. The summed E-state index contributed by atoms with van der Waals surface area (Å²) in [5.74, 6) is -0.365. The van der Waals surface area contributed by atoms with Crippen LogP contribution in [0.15, 0.2) is 83.9 Å². The highest BCUT2D eigenvalue weighted by Gasteiger charge is 2.31. The van der Waals surface area contributed by atoms with Crippen LogP contribution in [0.3, 0.4) is 0 Å². The van der Waals surface area contributed by atoms with Gasteiger partial charge in [0.05, 0.1) is 24.3 Å². The van der Waals surface area contributed by atoms with Gasteiger partial charge in [-0.05, 0) is 47.7 Å². The van der Waals surface area contributed by atoms with Crippen LogP contribution in [0.2, 0.25) is 0 Å². The van der Waals surface area contributed by atoms with E-state index in [0.717, 1.165) is 35.2 Å². The number of carbonyl (C=O) groups excluding carboxylic acids is 2. The molecule has 1 fully saturated rings. The molecule has 5 rings (SSSR count). The number of pyridine rings is 1. The molecule has 8 heteroatoms. The summed E-state index contributed by atoms with van der Waals surface area (Å²) < 4.78 is 3.48. The lowest BCUT2D eigenvalue weighted by Gasteiger charge is -2.07. The molecule has 2 aromatic heterocycles. The number of hydrogen-bond acceptors (Lipinski definition) is 4. The molecule has 0 unspecified atom stereocenters. The predicted octanol–water partition coefficient (Wildman–Crippen LogP) is 3.05. The number of carbonyl (C=O) groups is 2. The van der Waals surface area contributed by atoms with Gasteiger partial charge in [0.2, 0.25) is 5.91 Å². The summed E-state index contributed by atoms with van der Waals surface area (Å²) in [6, 6.07) is 20.1. The number of hydrogen-bond donors (Lipinski definition) is 2. The molecular weight excluding hydrogens is 454 g/mol. The molecule has 4 aromatic rings. The van der Waals surface area contributed by atoms with Crippen LogP contribution < -0.4 is 16.6 Å². The van der Waals surface area contributed by atoms with Gasteiger partial charge in [-0.1, -0.05) is 42.5 Å². The maximum atomic E-state index is 13.0. The molecule has 1 aliphatic carbocycles. The summed E-state index contributed by atoms with van der Waals surface area (Å²) >= 11 is 0. The second-order valence-corrected chi connectivity index (χ2v) is 9.13. The summed E-state index contributed by atoms with van der Waals surface area (Å²) in [5, 5.41) is 7.68. The third kappa shape index (κ3) is 5.43. The lowest BCUT2D eigenvalue weighted by Crippen LogP contribution is -2.23. The maximum Gasteiger partial charge on any atom is 0.255 e. The molecule has 2 aromatic carbocycles. The van der Waals surface area contributed by atoms with Crippen LogP contribution in [-0.4, -0.2) is 26.2 Å². The maximum absolute atomic E-state index is 13.0. The minimum atomic E-state index is -0.498. The largest absolute Gasteiger partial charge is 0.366 e. The molecule has 0 bridgehead atoms. The van der Waals surface area contributed by atoms with E-state index in [0.29, 0.717) is 36.7 Å². The fraction of sp³-hybridized carbons (Fsp3) is 0.214. The minimum absolute atomic E-state index is 0.0305. The topological polar surface area (TPSA) is 112 Å². The molecule has 182 valence electrons. The van der Waals surface area contributed by atoms with Crippen LogP contribution in [0.4, 0.5) is 0 Å². The van der Waals surface area contributed by atoms with E-state index in [9.17, 15) is 14.4 Å². The molecule has 2 heterocycles. The van der Waals surface area contributed by atoms with Crippen molar-refractivity contribution >= 4 is 11.8 Å². The van der Waals surface area contributed by atoms with Crippen molar-refractivity contribution < 1.29 is 9.59 Å². The highest BCUT2D eigenvalue weighted by molar-refractivity contribution is 5.95. The molecule has 0 spiro atoms. The first-order chi connectivity index (χ1) is 17.5. The van der Waals surface area contributed by atoms with Crippen molar-refractivity contribution in [2.75, 3.05) is 0 Å². The van der Waals surface area contributed by atoms with Crippen molar-refractivity contribution in [3.05, 3.63) is 123 Å². The number of amides is 2. The van der Waals surface area contributed by atoms with Gasteiger partial charge in [-0.25, -0.2) is 0 Å². The Hall–Kier alpha value is -4.46. The van der Waals surface area contributed by atoms with Gasteiger partial charge in [0.25, 0.3) is 11.5 Å². The first-order valence-corrected chi connectivity index (χ1v) is 11.9. The van der Waals surface area contributed by atoms with Gasteiger partial charge < -0.3 is 15.6 Å². The number of nitrogens with one attached hydrogen (secondary N) is 1. The molecule has 0 radical (unpaired) electrons. The van der Waals surface area contributed by atoms with Crippen molar-refractivity contribution in [3.63, 3.8) is 0 Å². The molecule has 8 nitrogen and oxygen atoms in total. The molecule has 0 saturated heterocycles. The van der Waals surface area contributed by atoms with E-state index in [4.69, 9.17) is 10.8 Å². The number of nitrogens with two attached hydrogens (primary N) is 1. The molecule has 36 heavy (non-hydrogen) atoms. The molecule has 0 aliphatic heterocycles.